The first kappa shape index (κ1) is 29.6. The van der Waals surface area contributed by atoms with E-state index in [0.29, 0.717) is 5.69 Å². The van der Waals surface area contributed by atoms with E-state index in [0.717, 1.165) is 0 Å². The van der Waals surface area contributed by atoms with E-state index in [1.54, 1.807) is 13.8 Å². The van der Waals surface area contributed by atoms with Crippen molar-refractivity contribution in [1.82, 2.24) is 25.9 Å². The molecule has 0 saturated heterocycles. The Hall–Kier alpha value is -3.48. The number of rotatable bonds is 15. The molecule has 0 aliphatic carbocycles. The van der Waals surface area contributed by atoms with Crippen LogP contribution in [0.15, 0.2) is 12.5 Å². The number of aromatic nitrogens is 2. The third-order valence-corrected chi connectivity index (χ3v) is 5.23. The van der Waals surface area contributed by atoms with Crippen LogP contribution < -0.4 is 21.7 Å². The Balaban J connectivity index is 3.07. The fourth-order valence-corrected chi connectivity index (χ4v) is 3.17. The van der Waals surface area contributed by atoms with Crippen molar-refractivity contribution in [1.29, 1.82) is 0 Å². The highest BCUT2D eigenvalue weighted by Gasteiger charge is 2.31. The molecular weight excluding hydrogens is 460 g/mol. The summed E-state index contributed by atoms with van der Waals surface area (Å²) in [6.07, 6.45) is 2.26. The van der Waals surface area contributed by atoms with Gasteiger partial charge in [0.1, 0.15) is 18.1 Å². The first-order chi connectivity index (χ1) is 16.3. The summed E-state index contributed by atoms with van der Waals surface area (Å²) >= 11 is 0. The van der Waals surface area contributed by atoms with Crippen molar-refractivity contribution in [3.05, 3.63) is 18.2 Å². The summed E-state index contributed by atoms with van der Waals surface area (Å²) in [5, 5.41) is 25.7. The zero-order chi connectivity index (χ0) is 26.7. The molecule has 0 radical (unpaired) electrons. The summed E-state index contributed by atoms with van der Waals surface area (Å²) in [4.78, 5) is 67.6. The van der Waals surface area contributed by atoms with E-state index in [4.69, 9.17) is 10.8 Å². The number of carboxylic acids is 2. The number of aliphatic carboxylic acids is 2. The zero-order valence-corrected chi connectivity index (χ0v) is 20.4. The maximum atomic E-state index is 13.1. The minimum absolute atomic E-state index is 0.0219. The lowest BCUT2D eigenvalue weighted by Gasteiger charge is -2.26. The molecule has 3 amide bonds. The van der Waals surface area contributed by atoms with Crippen molar-refractivity contribution >= 4 is 29.7 Å². The van der Waals surface area contributed by atoms with Crippen LogP contribution in [0.5, 0.6) is 0 Å². The number of nitrogens with one attached hydrogen (secondary N) is 4. The van der Waals surface area contributed by atoms with Crippen molar-refractivity contribution in [3.8, 4) is 0 Å². The van der Waals surface area contributed by atoms with Gasteiger partial charge in [0, 0.05) is 24.7 Å². The van der Waals surface area contributed by atoms with Crippen molar-refractivity contribution < 1.29 is 34.2 Å². The summed E-state index contributed by atoms with van der Waals surface area (Å²) in [5.41, 5.74) is 6.39. The van der Waals surface area contributed by atoms with Crippen LogP contribution in [-0.2, 0) is 30.4 Å². The van der Waals surface area contributed by atoms with Gasteiger partial charge in [-0.05, 0) is 24.7 Å². The molecule has 0 aliphatic rings. The Morgan fingerprint density at radius 1 is 0.943 bits per heavy atom. The second-order valence-electron chi connectivity index (χ2n) is 9.13. The molecular formula is C22H36N6O7. The predicted octanol–water partition coefficient (Wildman–Crippen LogP) is -0.615. The van der Waals surface area contributed by atoms with Crippen LogP contribution in [0.25, 0.3) is 0 Å². The average molecular weight is 497 g/mol. The van der Waals surface area contributed by atoms with Crippen LogP contribution in [0, 0.1) is 11.8 Å². The van der Waals surface area contributed by atoms with Crippen LogP contribution in [0.4, 0.5) is 0 Å². The molecule has 0 saturated carbocycles. The molecule has 13 nitrogen and oxygen atoms in total. The Morgan fingerprint density at radius 3 is 2.00 bits per heavy atom. The number of nitrogens with two attached hydrogens (primary N) is 1. The van der Waals surface area contributed by atoms with Gasteiger partial charge in [-0.2, -0.15) is 0 Å². The standard InChI is InChI=1S/C22H36N6O7/c1-11(2)7-15(28-21(33)18(23)12(3)4)19(31)27-16(8-13-9-24-10-25-13)20(32)26-14(22(34)35)5-6-17(29)30/h9-12,14-16,18H,5-8,23H2,1-4H3,(H,24,25)(H,26,32)(H,27,31)(H,28,33)(H,29,30)(H,34,35). The maximum absolute atomic E-state index is 13.1. The summed E-state index contributed by atoms with van der Waals surface area (Å²) < 4.78 is 0. The molecule has 13 heteroatoms. The summed E-state index contributed by atoms with van der Waals surface area (Å²) in [6, 6.07) is -4.49. The third kappa shape index (κ3) is 10.5. The molecule has 0 spiro atoms. The molecule has 1 aromatic heterocycles. The Morgan fingerprint density at radius 2 is 1.51 bits per heavy atom. The van der Waals surface area contributed by atoms with Crippen LogP contribution in [0.1, 0.15) is 52.7 Å². The minimum Gasteiger partial charge on any atom is -0.481 e. The molecule has 1 heterocycles. The van der Waals surface area contributed by atoms with Crippen molar-refractivity contribution in [2.75, 3.05) is 0 Å². The zero-order valence-electron chi connectivity index (χ0n) is 20.4. The molecule has 0 aliphatic heterocycles. The SMILES string of the molecule is CC(C)CC(NC(=O)C(N)C(C)C)C(=O)NC(Cc1cnc[nH]1)C(=O)NC(CCC(=O)O)C(=O)O. The molecule has 4 unspecified atom stereocenters. The molecule has 196 valence electrons. The number of amides is 3. The monoisotopic (exact) mass is 496 g/mol. The lowest BCUT2D eigenvalue weighted by molar-refractivity contribution is -0.143. The number of H-pyrrole nitrogens is 1. The number of nitrogens with zero attached hydrogens (tertiary/aromatic N) is 1. The van der Waals surface area contributed by atoms with Crippen molar-refractivity contribution in [2.45, 2.75) is 77.5 Å². The molecule has 1 rings (SSSR count). The first-order valence-corrected chi connectivity index (χ1v) is 11.4. The third-order valence-electron chi connectivity index (χ3n) is 5.23. The van der Waals surface area contributed by atoms with E-state index in [1.807, 2.05) is 13.8 Å². The van der Waals surface area contributed by atoms with Crippen molar-refractivity contribution in [2.24, 2.45) is 17.6 Å². The minimum atomic E-state index is -1.46. The Labute approximate surface area is 203 Å². The topological polar surface area (TPSA) is 217 Å². The average Bonchev–Trinajstić information content (AvgIpc) is 3.27. The van der Waals surface area contributed by atoms with Gasteiger partial charge < -0.3 is 36.9 Å². The van der Waals surface area contributed by atoms with E-state index in [1.165, 1.54) is 12.5 Å². The van der Waals surface area contributed by atoms with E-state index in [2.05, 4.69) is 25.9 Å². The number of carbonyl (C=O) groups excluding carboxylic acids is 3. The molecule has 4 atom stereocenters. The van der Waals surface area contributed by atoms with Gasteiger partial charge in [-0.25, -0.2) is 9.78 Å². The smallest absolute Gasteiger partial charge is 0.326 e. The number of hydrogen-bond acceptors (Lipinski definition) is 7. The van der Waals surface area contributed by atoms with E-state index < -0.39 is 60.2 Å². The second-order valence-corrected chi connectivity index (χ2v) is 9.13. The predicted molar refractivity (Wildman–Crippen MR) is 125 cm³/mol. The van der Waals surface area contributed by atoms with E-state index >= 15 is 0 Å². The highest BCUT2D eigenvalue weighted by atomic mass is 16.4. The summed E-state index contributed by atoms with van der Waals surface area (Å²) in [7, 11) is 0. The number of imidazole rings is 1. The van der Waals surface area contributed by atoms with Crippen molar-refractivity contribution in [3.63, 3.8) is 0 Å². The highest BCUT2D eigenvalue weighted by Crippen LogP contribution is 2.09. The summed E-state index contributed by atoms with van der Waals surface area (Å²) in [5.74, 6) is -4.71. The van der Waals surface area contributed by atoms with Crippen LogP contribution in [-0.4, -0.2) is 74.0 Å². The van der Waals surface area contributed by atoms with Gasteiger partial charge in [0.15, 0.2) is 0 Å². The first-order valence-electron chi connectivity index (χ1n) is 11.4. The normalized spacial score (nSPS) is 14.6. The van der Waals surface area contributed by atoms with Gasteiger partial charge in [-0.1, -0.05) is 27.7 Å². The van der Waals surface area contributed by atoms with Crippen LogP contribution in [0.2, 0.25) is 0 Å². The highest BCUT2D eigenvalue weighted by molar-refractivity contribution is 5.94. The number of hydrogen-bond donors (Lipinski definition) is 7. The molecule has 35 heavy (non-hydrogen) atoms. The lowest BCUT2D eigenvalue weighted by atomic mass is 10.00. The molecule has 0 fully saturated rings. The van der Waals surface area contributed by atoms with Crippen LogP contribution in [0.3, 0.4) is 0 Å². The van der Waals surface area contributed by atoms with Gasteiger partial charge in [-0.15, -0.1) is 0 Å². The molecule has 1 aromatic rings. The number of carboxylic acid groups (broad SMARTS) is 2. The van der Waals surface area contributed by atoms with Gasteiger partial charge in [0.05, 0.1) is 12.4 Å². The number of carbonyl (C=O) groups is 5. The van der Waals surface area contributed by atoms with Crippen LogP contribution >= 0.6 is 0 Å². The van der Waals surface area contributed by atoms with Gasteiger partial charge in [0.2, 0.25) is 17.7 Å². The van der Waals surface area contributed by atoms with E-state index in [-0.39, 0.29) is 31.1 Å². The fourth-order valence-electron chi connectivity index (χ4n) is 3.17. The van der Waals surface area contributed by atoms with Gasteiger partial charge in [0.25, 0.3) is 0 Å². The molecule has 0 bridgehead atoms. The van der Waals surface area contributed by atoms with Gasteiger partial charge >= 0.3 is 11.9 Å². The molecule has 0 aromatic carbocycles. The number of aromatic amines is 1. The fraction of sp³-hybridized carbons (Fsp3) is 0.636. The lowest BCUT2D eigenvalue weighted by Crippen LogP contribution is -2.58. The maximum Gasteiger partial charge on any atom is 0.326 e. The molecule has 8 N–H and O–H groups in total. The van der Waals surface area contributed by atoms with E-state index in [9.17, 15) is 29.1 Å². The summed E-state index contributed by atoms with van der Waals surface area (Å²) in [6.45, 7) is 7.28. The largest absolute Gasteiger partial charge is 0.481 e. The van der Waals surface area contributed by atoms with Gasteiger partial charge in [-0.3, -0.25) is 19.2 Å². The second kappa shape index (κ2) is 14.0. The quantitative estimate of drug-likeness (QED) is 0.164. The Bertz CT molecular complexity index is 872. The Kier molecular flexibility index (Phi) is 11.9.